The lowest BCUT2D eigenvalue weighted by Gasteiger charge is -2.26. The standard InChI is InChI=1S/C19H17N3OS/c1-13-6-4-7-14(12-13)22-18(16-9-5-11-23-16)17(21-19(22)24)15-8-2-3-10-20-15/h2-12,17-18H,1H3,(H,21,24). The van der Waals surface area contributed by atoms with Crippen LogP contribution in [0, 0.1) is 6.92 Å². The Bertz CT molecular complexity index is 848. The maximum atomic E-state index is 5.73. The van der Waals surface area contributed by atoms with Crippen molar-refractivity contribution in [2.75, 3.05) is 4.90 Å². The van der Waals surface area contributed by atoms with E-state index in [1.165, 1.54) is 5.56 Å². The molecule has 0 aliphatic carbocycles. The monoisotopic (exact) mass is 335 g/mol. The van der Waals surface area contributed by atoms with Crippen molar-refractivity contribution in [3.8, 4) is 0 Å². The summed E-state index contributed by atoms with van der Waals surface area (Å²) < 4.78 is 5.73. The van der Waals surface area contributed by atoms with Crippen molar-refractivity contribution < 1.29 is 4.42 Å². The van der Waals surface area contributed by atoms with Crippen LogP contribution in [0.4, 0.5) is 5.69 Å². The van der Waals surface area contributed by atoms with Crippen molar-refractivity contribution in [3.05, 3.63) is 84.1 Å². The van der Waals surface area contributed by atoms with Crippen LogP contribution < -0.4 is 10.2 Å². The summed E-state index contributed by atoms with van der Waals surface area (Å²) in [7, 11) is 0. The highest BCUT2D eigenvalue weighted by molar-refractivity contribution is 7.80. The minimum absolute atomic E-state index is 0.0645. The second-order valence-electron chi connectivity index (χ2n) is 5.85. The first-order valence-corrected chi connectivity index (χ1v) is 8.25. The van der Waals surface area contributed by atoms with Gasteiger partial charge in [-0.2, -0.15) is 0 Å². The Kier molecular flexibility index (Phi) is 3.78. The molecule has 2 atom stereocenters. The van der Waals surface area contributed by atoms with E-state index in [1.807, 2.05) is 36.4 Å². The molecule has 1 N–H and O–H groups in total. The van der Waals surface area contributed by atoms with Crippen molar-refractivity contribution >= 4 is 23.0 Å². The van der Waals surface area contributed by atoms with Crippen molar-refractivity contribution in [2.45, 2.75) is 19.0 Å². The number of aromatic nitrogens is 1. The molecule has 1 aliphatic rings. The van der Waals surface area contributed by atoms with Gasteiger partial charge >= 0.3 is 0 Å². The molecule has 3 aromatic rings. The van der Waals surface area contributed by atoms with E-state index in [4.69, 9.17) is 16.6 Å². The molecule has 1 saturated heterocycles. The van der Waals surface area contributed by atoms with Crippen LogP contribution in [0.5, 0.6) is 0 Å². The molecule has 1 aliphatic heterocycles. The number of hydrogen-bond donors (Lipinski definition) is 1. The van der Waals surface area contributed by atoms with Crippen LogP contribution in [0.25, 0.3) is 0 Å². The lowest BCUT2D eigenvalue weighted by molar-refractivity contribution is 0.432. The molecule has 2 aromatic heterocycles. The molecule has 0 spiro atoms. The Labute approximate surface area is 146 Å². The second-order valence-corrected chi connectivity index (χ2v) is 6.24. The third-order valence-electron chi connectivity index (χ3n) is 4.21. The van der Waals surface area contributed by atoms with E-state index in [0.29, 0.717) is 5.11 Å². The highest BCUT2D eigenvalue weighted by Gasteiger charge is 2.42. The van der Waals surface area contributed by atoms with E-state index in [-0.39, 0.29) is 12.1 Å². The van der Waals surface area contributed by atoms with Gasteiger partial charge in [0.1, 0.15) is 11.8 Å². The fraction of sp³-hybridized carbons (Fsp3) is 0.158. The highest BCUT2D eigenvalue weighted by Crippen LogP contribution is 2.41. The Morgan fingerprint density at radius 2 is 2.04 bits per heavy atom. The number of pyridine rings is 1. The minimum Gasteiger partial charge on any atom is -0.467 e. The summed E-state index contributed by atoms with van der Waals surface area (Å²) in [6.07, 6.45) is 3.50. The van der Waals surface area contributed by atoms with Crippen LogP contribution in [0.2, 0.25) is 0 Å². The van der Waals surface area contributed by atoms with E-state index in [1.54, 1.807) is 12.5 Å². The predicted molar refractivity (Wildman–Crippen MR) is 97.8 cm³/mol. The molecule has 4 nitrogen and oxygen atoms in total. The van der Waals surface area contributed by atoms with Gasteiger partial charge < -0.3 is 14.6 Å². The van der Waals surface area contributed by atoms with E-state index in [2.05, 4.69) is 40.3 Å². The first-order valence-electron chi connectivity index (χ1n) is 7.85. The molecule has 2 unspecified atom stereocenters. The molecule has 0 bridgehead atoms. The number of benzene rings is 1. The number of nitrogens with one attached hydrogen (secondary N) is 1. The van der Waals surface area contributed by atoms with Crippen LogP contribution in [-0.4, -0.2) is 10.1 Å². The lowest BCUT2D eigenvalue weighted by atomic mass is 10.0. The van der Waals surface area contributed by atoms with E-state index >= 15 is 0 Å². The van der Waals surface area contributed by atoms with Gasteiger partial charge in [-0.15, -0.1) is 0 Å². The van der Waals surface area contributed by atoms with E-state index < -0.39 is 0 Å². The Hall–Kier alpha value is -2.66. The second kappa shape index (κ2) is 6.09. The number of furan rings is 1. The fourth-order valence-corrected chi connectivity index (χ4v) is 3.51. The minimum atomic E-state index is -0.0794. The average Bonchev–Trinajstić information content (AvgIpc) is 3.23. The Balaban J connectivity index is 1.82. The molecular weight excluding hydrogens is 318 g/mol. The van der Waals surface area contributed by atoms with Crippen LogP contribution in [-0.2, 0) is 0 Å². The van der Waals surface area contributed by atoms with Gasteiger partial charge in [-0.3, -0.25) is 4.98 Å². The first kappa shape index (κ1) is 14.9. The topological polar surface area (TPSA) is 41.3 Å². The molecule has 5 heteroatoms. The maximum absolute atomic E-state index is 5.73. The predicted octanol–water partition coefficient (Wildman–Crippen LogP) is 4.16. The number of nitrogens with zero attached hydrogens (tertiary/aromatic N) is 2. The Morgan fingerprint density at radius 3 is 2.75 bits per heavy atom. The summed E-state index contributed by atoms with van der Waals surface area (Å²) in [6.45, 7) is 2.08. The summed E-state index contributed by atoms with van der Waals surface area (Å²) in [6, 6.07) is 18.0. The number of thiocarbonyl (C=S) groups is 1. The van der Waals surface area contributed by atoms with Crippen molar-refractivity contribution in [1.29, 1.82) is 0 Å². The van der Waals surface area contributed by atoms with Crippen LogP contribution in [0.1, 0.15) is 29.1 Å². The molecule has 24 heavy (non-hydrogen) atoms. The summed E-state index contributed by atoms with van der Waals surface area (Å²) in [5.41, 5.74) is 3.18. The van der Waals surface area contributed by atoms with E-state index in [0.717, 1.165) is 17.1 Å². The van der Waals surface area contributed by atoms with Gasteiger partial charge in [0.25, 0.3) is 0 Å². The zero-order chi connectivity index (χ0) is 16.5. The SMILES string of the molecule is Cc1cccc(N2C(=S)NC(c3ccccn3)C2c2ccco2)c1. The molecule has 0 saturated carbocycles. The fourth-order valence-electron chi connectivity index (χ4n) is 3.16. The van der Waals surface area contributed by atoms with Crippen molar-refractivity contribution in [3.63, 3.8) is 0 Å². The number of aryl methyl sites for hydroxylation is 1. The largest absolute Gasteiger partial charge is 0.467 e. The average molecular weight is 335 g/mol. The molecule has 1 aromatic carbocycles. The normalized spacial score (nSPS) is 20.2. The van der Waals surface area contributed by atoms with Gasteiger partial charge in [0.05, 0.1) is 18.0 Å². The summed E-state index contributed by atoms with van der Waals surface area (Å²) in [5.74, 6) is 0.861. The molecular formula is C19H17N3OS. The van der Waals surface area contributed by atoms with Gasteiger partial charge in [0, 0.05) is 11.9 Å². The summed E-state index contributed by atoms with van der Waals surface area (Å²) in [5, 5.41) is 4.09. The first-order chi connectivity index (χ1) is 11.7. The molecule has 0 radical (unpaired) electrons. The number of hydrogen-bond acceptors (Lipinski definition) is 3. The van der Waals surface area contributed by atoms with Crippen LogP contribution >= 0.6 is 12.2 Å². The van der Waals surface area contributed by atoms with E-state index in [9.17, 15) is 0 Å². The van der Waals surface area contributed by atoms with Gasteiger partial charge in [-0.25, -0.2) is 0 Å². The molecule has 0 amide bonds. The molecule has 4 rings (SSSR count). The zero-order valence-electron chi connectivity index (χ0n) is 13.2. The van der Waals surface area contributed by atoms with Gasteiger partial charge in [0.15, 0.2) is 5.11 Å². The maximum Gasteiger partial charge on any atom is 0.174 e. The number of anilines is 1. The Morgan fingerprint density at radius 1 is 1.12 bits per heavy atom. The molecule has 120 valence electrons. The lowest BCUT2D eigenvalue weighted by Crippen LogP contribution is -2.29. The zero-order valence-corrected chi connectivity index (χ0v) is 14.0. The van der Waals surface area contributed by atoms with Gasteiger partial charge in [-0.1, -0.05) is 18.2 Å². The highest BCUT2D eigenvalue weighted by atomic mass is 32.1. The van der Waals surface area contributed by atoms with Crippen LogP contribution in [0.15, 0.2) is 71.5 Å². The third kappa shape index (κ3) is 2.57. The van der Waals surface area contributed by atoms with Crippen LogP contribution in [0.3, 0.4) is 0 Å². The van der Waals surface area contributed by atoms with Gasteiger partial charge in [-0.05, 0) is 61.1 Å². The van der Waals surface area contributed by atoms with Gasteiger partial charge in [0.2, 0.25) is 0 Å². The third-order valence-corrected chi connectivity index (χ3v) is 4.53. The smallest absolute Gasteiger partial charge is 0.174 e. The quantitative estimate of drug-likeness (QED) is 0.728. The van der Waals surface area contributed by atoms with Crippen molar-refractivity contribution in [2.24, 2.45) is 0 Å². The molecule has 3 heterocycles. The van der Waals surface area contributed by atoms with Crippen molar-refractivity contribution in [1.82, 2.24) is 10.3 Å². The number of rotatable bonds is 3. The summed E-state index contributed by atoms with van der Waals surface area (Å²) >= 11 is 5.64. The summed E-state index contributed by atoms with van der Waals surface area (Å²) in [4.78, 5) is 6.62. The molecule has 1 fully saturated rings.